The molecule has 0 saturated heterocycles. The molecule has 0 heterocycles. The lowest BCUT2D eigenvalue weighted by atomic mass is 10.1. The first kappa shape index (κ1) is 26.6. The Morgan fingerprint density at radius 1 is 1.00 bits per heavy atom. The summed E-state index contributed by atoms with van der Waals surface area (Å²) in [6.07, 6.45) is 3.34. The smallest absolute Gasteiger partial charge is 0.242 e. The number of carbonyl (C=O) groups excluding carboxylic acids is 3. The molecule has 3 amide bonds. The molecule has 0 rings (SSSR count). The number of hydrogen-bond donors (Lipinski definition) is 8. The van der Waals surface area contributed by atoms with Crippen LogP contribution in [-0.4, -0.2) is 73.2 Å². The van der Waals surface area contributed by atoms with Gasteiger partial charge in [-0.2, -0.15) is 0 Å². The van der Waals surface area contributed by atoms with E-state index in [1.54, 1.807) is 0 Å². The number of guanidine groups is 1. The molecule has 0 aliphatic heterocycles. The van der Waals surface area contributed by atoms with Crippen molar-refractivity contribution in [1.29, 1.82) is 0 Å². The molecular formula is C17H36N8O4. The minimum atomic E-state index is -1.13. The van der Waals surface area contributed by atoms with Crippen molar-refractivity contribution in [3.63, 3.8) is 0 Å². The van der Waals surface area contributed by atoms with E-state index in [1.807, 2.05) is 0 Å². The Hall–Kier alpha value is -2.44. The van der Waals surface area contributed by atoms with E-state index in [4.69, 9.17) is 28.0 Å². The van der Waals surface area contributed by atoms with E-state index < -0.39 is 36.5 Å². The highest BCUT2D eigenvalue weighted by Crippen LogP contribution is 2.01. The van der Waals surface area contributed by atoms with Crippen molar-refractivity contribution in [3.05, 3.63) is 0 Å². The second-order valence-corrected chi connectivity index (χ2v) is 6.67. The van der Waals surface area contributed by atoms with Crippen LogP contribution in [0.4, 0.5) is 0 Å². The lowest BCUT2D eigenvalue weighted by Gasteiger charge is -2.22. The zero-order valence-electron chi connectivity index (χ0n) is 17.0. The molecule has 0 spiro atoms. The molecule has 12 heteroatoms. The van der Waals surface area contributed by atoms with Gasteiger partial charge in [-0.05, 0) is 39.2 Å². The topological polar surface area (TPSA) is 224 Å². The third-order valence-electron chi connectivity index (χ3n) is 4.04. The molecule has 0 aromatic rings. The lowest BCUT2D eigenvalue weighted by Crippen LogP contribution is -2.55. The quantitative estimate of drug-likeness (QED) is 0.0760. The molecule has 0 aliphatic carbocycles. The average molecular weight is 417 g/mol. The van der Waals surface area contributed by atoms with Crippen LogP contribution in [0.5, 0.6) is 0 Å². The number of aliphatic hydroxyl groups excluding tert-OH is 1. The molecule has 0 saturated carbocycles. The summed E-state index contributed by atoms with van der Waals surface area (Å²) >= 11 is 0. The number of rotatable bonds is 15. The number of unbranched alkanes of at least 4 members (excludes halogenated alkanes) is 2. The number of nitrogens with one attached hydrogen (secondary N) is 3. The lowest BCUT2D eigenvalue weighted by molar-refractivity contribution is -0.132. The van der Waals surface area contributed by atoms with Crippen LogP contribution in [0.1, 0.15) is 39.0 Å². The third-order valence-corrected chi connectivity index (χ3v) is 4.04. The van der Waals surface area contributed by atoms with E-state index in [9.17, 15) is 14.4 Å². The SMILES string of the molecule is C[C@H](NC(=O)[C@@H](N)CO)C(=O)N[C@@H](CCCN=C(N)N)C(=O)NCCCCCN. The van der Waals surface area contributed by atoms with Gasteiger partial charge in [-0.3, -0.25) is 19.4 Å². The molecule has 168 valence electrons. The van der Waals surface area contributed by atoms with Crippen molar-refractivity contribution in [2.75, 3.05) is 26.2 Å². The van der Waals surface area contributed by atoms with Gasteiger partial charge in [0.1, 0.15) is 18.1 Å². The molecule has 0 aromatic heterocycles. The number of nitrogens with zero attached hydrogens (tertiary/aromatic N) is 1. The van der Waals surface area contributed by atoms with Crippen LogP contribution in [0.15, 0.2) is 4.99 Å². The van der Waals surface area contributed by atoms with Gasteiger partial charge in [0.15, 0.2) is 5.96 Å². The van der Waals surface area contributed by atoms with E-state index in [-0.39, 0.29) is 11.9 Å². The van der Waals surface area contributed by atoms with Crippen molar-refractivity contribution in [2.45, 2.75) is 57.2 Å². The van der Waals surface area contributed by atoms with Crippen LogP contribution in [0.25, 0.3) is 0 Å². The normalized spacial score (nSPS) is 13.7. The van der Waals surface area contributed by atoms with E-state index in [0.29, 0.717) is 32.5 Å². The van der Waals surface area contributed by atoms with E-state index in [2.05, 4.69) is 20.9 Å². The Labute approximate surface area is 171 Å². The standard InChI is InChI=1S/C17H36N8O4/c1-11(24-15(28)12(19)10-26)14(27)25-13(6-5-9-23-17(20)21)16(29)22-8-4-2-3-7-18/h11-13,26H,2-10,18-19H2,1H3,(H,22,29)(H,24,28)(H,25,27)(H4,20,21,23)/t11-,12-,13-/m0/s1. The number of aliphatic imine (C=N–C) groups is 1. The first-order chi connectivity index (χ1) is 13.7. The highest BCUT2D eigenvalue weighted by Gasteiger charge is 2.25. The first-order valence-corrected chi connectivity index (χ1v) is 9.73. The van der Waals surface area contributed by atoms with Crippen LogP contribution in [0.2, 0.25) is 0 Å². The number of nitrogens with two attached hydrogens (primary N) is 4. The maximum atomic E-state index is 12.5. The maximum Gasteiger partial charge on any atom is 0.242 e. The van der Waals surface area contributed by atoms with Crippen LogP contribution >= 0.6 is 0 Å². The monoisotopic (exact) mass is 416 g/mol. The minimum Gasteiger partial charge on any atom is -0.394 e. The molecule has 29 heavy (non-hydrogen) atoms. The van der Waals surface area contributed by atoms with Crippen LogP contribution in [0, 0.1) is 0 Å². The van der Waals surface area contributed by atoms with Crippen LogP contribution in [0.3, 0.4) is 0 Å². The van der Waals surface area contributed by atoms with Crippen LogP contribution in [-0.2, 0) is 14.4 Å². The zero-order chi connectivity index (χ0) is 22.2. The highest BCUT2D eigenvalue weighted by atomic mass is 16.3. The number of carbonyl (C=O) groups is 3. The molecule has 0 bridgehead atoms. The zero-order valence-corrected chi connectivity index (χ0v) is 17.0. The Morgan fingerprint density at radius 2 is 1.69 bits per heavy atom. The Balaban J connectivity index is 4.76. The second kappa shape index (κ2) is 15.5. The number of hydrogen-bond acceptors (Lipinski definition) is 7. The minimum absolute atomic E-state index is 0.0495. The Morgan fingerprint density at radius 3 is 2.28 bits per heavy atom. The van der Waals surface area contributed by atoms with E-state index >= 15 is 0 Å². The predicted octanol–water partition coefficient (Wildman–Crippen LogP) is -3.41. The molecule has 3 atom stereocenters. The van der Waals surface area contributed by atoms with Gasteiger partial charge in [0.2, 0.25) is 17.7 Å². The van der Waals surface area contributed by atoms with Gasteiger partial charge in [-0.15, -0.1) is 0 Å². The van der Waals surface area contributed by atoms with Crippen molar-refractivity contribution < 1.29 is 19.5 Å². The fraction of sp³-hybridized carbons (Fsp3) is 0.765. The van der Waals surface area contributed by atoms with E-state index in [1.165, 1.54) is 6.92 Å². The Bertz CT molecular complexity index is 540. The van der Waals surface area contributed by atoms with Gasteiger partial charge in [-0.25, -0.2) is 0 Å². The third kappa shape index (κ3) is 12.6. The first-order valence-electron chi connectivity index (χ1n) is 9.73. The van der Waals surface area contributed by atoms with Crippen molar-refractivity contribution in [2.24, 2.45) is 27.9 Å². The molecule has 0 aliphatic rings. The largest absolute Gasteiger partial charge is 0.394 e. The maximum absolute atomic E-state index is 12.5. The van der Waals surface area contributed by atoms with Gasteiger partial charge < -0.3 is 44.0 Å². The summed E-state index contributed by atoms with van der Waals surface area (Å²) in [5, 5.41) is 16.7. The second-order valence-electron chi connectivity index (χ2n) is 6.67. The summed E-state index contributed by atoms with van der Waals surface area (Å²) in [6.45, 7) is 2.30. The fourth-order valence-electron chi connectivity index (χ4n) is 2.32. The summed E-state index contributed by atoms with van der Waals surface area (Å²) in [5.74, 6) is -1.59. The molecule has 0 fully saturated rings. The molecule has 0 unspecified atom stereocenters. The van der Waals surface area contributed by atoms with Crippen molar-refractivity contribution >= 4 is 23.7 Å². The molecular weight excluding hydrogens is 380 g/mol. The summed E-state index contributed by atoms with van der Waals surface area (Å²) in [6, 6.07) is -2.87. The summed E-state index contributed by atoms with van der Waals surface area (Å²) in [4.78, 5) is 40.4. The van der Waals surface area contributed by atoms with Gasteiger partial charge >= 0.3 is 0 Å². The number of aliphatic hydroxyl groups is 1. The van der Waals surface area contributed by atoms with Gasteiger partial charge in [-0.1, -0.05) is 6.42 Å². The molecule has 0 radical (unpaired) electrons. The number of amides is 3. The van der Waals surface area contributed by atoms with Gasteiger partial charge in [0.25, 0.3) is 0 Å². The Kier molecular flexibility index (Phi) is 14.2. The van der Waals surface area contributed by atoms with E-state index in [0.717, 1.165) is 19.3 Å². The summed E-state index contributed by atoms with van der Waals surface area (Å²) < 4.78 is 0. The van der Waals surface area contributed by atoms with Gasteiger partial charge in [0.05, 0.1) is 6.61 Å². The van der Waals surface area contributed by atoms with Crippen LogP contribution < -0.4 is 38.9 Å². The molecule has 12 N–H and O–H groups in total. The van der Waals surface area contributed by atoms with Crippen molar-refractivity contribution in [1.82, 2.24) is 16.0 Å². The van der Waals surface area contributed by atoms with Gasteiger partial charge in [0, 0.05) is 13.1 Å². The van der Waals surface area contributed by atoms with Crippen molar-refractivity contribution in [3.8, 4) is 0 Å². The average Bonchev–Trinajstić information content (AvgIpc) is 2.68. The predicted molar refractivity (Wildman–Crippen MR) is 110 cm³/mol. The molecule has 0 aromatic carbocycles. The molecule has 12 nitrogen and oxygen atoms in total. The highest BCUT2D eigenvalue weighted by molar-refractivity contribution is 5.92. The summed E-state index contributed by atoms with van der Waals surface area (Å²) in [5.41, 5.74) is 21.4. The fourth-order valence-corrected chi connectivity index (χ4v) is 2.32. The summed E-state index contributed by atoms with van der Waals surface area (Å²) in [7, 11) is 0.